The molecule has 0 spiro atoms. The molecule has 0 bridgehead atoms. The number of rotatable bonds is 1. The highest BCUT2D eigenvalue weighted by atomic mass is 127. The summed E-state index contributed by atoms with van der Waals surface area (Å²) in [5, 5.41) is 5.68. The Kier molecular flexibility index (Phi) is 2.48. The van der Waals surface area contributed by atoms with Crippen molar-refractivity contribution < 1.29 is 0 Å². The van der Waals surface area contributed by atoms with Gasteiger partial charge in [-0.25, -0.2) is 0 Å². The minimum atomic E-state index is 0.655. The maximum absolute atomic E-state index is 3.51. The van der Waals surface area contributed by atoms with Crippen molar-refractivity contribution >= 4 is 33.9 Å². The smallest absolute Gasteiger partial charge is 0.0425 e. The number of nitrogens with one attached hydrogen (secondary N) is 1. The molecule has 1 aliphatic heterocycles. The van der Waals surface area contributed by atoms with Crippen LogP contribution in [0.25, 0.3) is 0 Å². The van der Waals surface area contributed by atoms with E-state index < -0.39 is 0 Å². The van der Waals surface area contributed by atoms with Gasteiger partial charge in [0.25, 0.3) is 0 Å². The molecule has 1 aromatic heterocycles. The van der Waals surface area contributed by atoms with Crippen LogP contribution in [0.1, 0.15) is 23.8 Å². The maximum Gasteiger partial charge on any atom is 0.0425 e. The summed E-state index contributed by atoms with van der Waals surface area (Å²) in [6.45, 7) is 1.19. The molecular weight excluding hydrogens is 269 g/mol. The van der Waals surface area contributed by atoms with Crippen LogP contribution < -0.4 is 5.32 Å². The van der Waals surface area contributed by atoms with Crippen molar-refractivity contribution in [3.63, 3.8) is 0 Å². The molecule has 0 radical (unpaired) electrons. The van der Waals surface area contributed by atoms with Crippen LogP contribution >= 0.6 is 33.9 Å². The van der Waals surface area contributed by atoms with E-state index in [1.165, 1.54) is 27.8 Å². The second-order valence-electron chi connectivity index (χ2n) is 2.78. The van der Waals surface area contributed by atoms with Gasteiger partial charge in [-0.05, 0) is 53.4 Å². The van der Waals surface area contributed by atoms with E-state index >= 15 is 0 Å². The van der Waals surface area contributed by atoms with E-state index in [9.17, 15) is 0 Å². The van der Waals surface area contributed by atoms with Crippen LogP contribution in [0.15, 0.2) is 11.4 Å². The quantitative estimate of drug-likeness (QED) is 0.779. The minimum absolute atomic E-state index is 0.655. The maximum atomic E-state index is 3.51. The van der Waals surface area contributed by atoms with Crippen molar-refractivity contribution in [2.75, 3.05) is 6.54 Å². The Balaban J connectivity index is 2.21. The molecule has 1 N–H and O–H groups in total. The van der Waals surface area contributed by atoms with Gasteiger partial charge in [-0.3, -0.25) is 0 Å². The molecule has 1 fully saturated rings. The Morgan fingerprint density at radius 3 is 3.09 bits per heavy atom. The molecular formula is C8H10INS. The van der Waals surface area contributed by atoms with Crippen LogP contribution in [0, 0.1) is 3.57 Å². The molecule has 2 heterocycles. The molecule has 11 heavy (non-hydrogen) atoms. The van der Waals surface area contributed by atoms with Crippen LogP contribution in [-0.2, 0) is 0 Å². The van der Waals surface area contributed by atoms with Crippen LogP contribution in [0.3, 0.4) is 0 Å². The molecule has 60 valence electrons. The third-order valence-corrected chi connectivity index (χ3v) is 4.36. The van der Waals surface area contributed by atoms with E-state index in [0.717, 1.165) is 0 Å². The topological polar surface area (TPSA) is 12.0 Å². The van der Waals surface area contributed by atoms with E-state index in [1.54, 1.807) is 0 Å². The minimum Gasteiger partial charge on any atom is -0.309 e. The van der Waals surface area contributed by atoms with E-state index in [0.29, 0.717) is 6.04 Å². The van der Waals surface area contributed by atoms with Gasteiger partial charge in [-0.1, -0.05) is 0 Å². The zero-order valence-corrected chi connectivity index (χ0v) is 9.11. The fourth-order valence-corrected chi connectivity index (χ4v) is 3.54. The van der Waals surface area contributed by atoms with Crippen LogP contribution in [-0.4, -0.2) is 6.54 Å². The molecule has 1 aromatic rings. The van der Waals surface area contributed by atoms with Gasteiger partial charge in [0.1, 0.15) is 0 Å². The van der Waals surface area contributed by atoms with Gasteiger partial charge < -0.3 is 5.32 Å². The summed E-state index contributed by atoms with van der Waals surface area (Å²) in [5.41, 5.74) is 0. The largest absolute Gasteiger partial charge is 0.309 e. The monoisotopic (exact) mass is 279 g/mol. The highest BCUT2D eigenvalue weighted by Gasteiger charge is 2.18. The molecule has 1 saturated heterocycles. The molecule has 1 aliphatic rings. The molecule has 0 aliphatic carbocycles. The average Bonchev–Trinajstić information content (AvgIpc) is 2.55. The number of hydrogen-bond donors (Lipinski definition) is 1. The van der Waals surface area contributed by atoms with Gasteiger partial charge in [-0.2, -0.15) is 0 Å². The zero-order chi connectivity index (χ0) is 7.68. The van der Waals surface area contributed by atoms with Crippen molar-refractivity contribution in [3.05, 3.63) is 19.9 Å². The molecule has 2 rings (SSSR count). The second-order valence-corrected chi connectivity index (χ2v) is 4.89. The average molecular weight is 279 g/mol. The third-order valence-electron chi connectivity index (χ3n) is 2.02. The van der Waals surface area contributed by atoms with E-state index in [4.69, 9.17) is 0 Å². The fraction of sp³-hybridized carbons (Fsp3) is 0.500. The fourth-order valence-electron chi connectivity index (χ4n) is 1.46. The Bertz CT molecular complexity index is 240. The lowest BCUT2D eigenvalue weighted by Gasteiger charge is -2.07. The predicted octanol–water partition coefficient (Wildman–Crippen LogP) is 2.78. The predicted molar refractivity (Wildman–Crippen MR) is 57.0 cm³/mol. The van der Waals surface area contributed by atoms with Crippen LogP contribution in [0.2, 0.25) is 0 Å². The summed E-state index contributed by atoms with van der Waals surface area (Å²) in [4.78, 5) is 1.53. The first-order valence-electron chi connectivity index (χ1n) is 3.84. The van der Waals surface area contributed by atoms with E-state index in [2.05, 4.69) is 39.4 Å². The highest BCUT2D eigenvalue weighted by molar-refractivity contribution is 14.1. The third kappa shape index (κ3) is 1.60. The molecule has 3 heteroatoms. The Hall–Kier alpha value is 0.390. The van der Waals surface area contributed by atoms with Crippen molar-refractivity contribution in [2.24, 2.45) is 0 Å². The van der Waals surface area contributed by atoms with Crippen molar-refractivity contribution in [3.8, 4) is 0 Å². The SMILES string of the molecule is Ic1ccsc1C1CCCN1. The van der Waals surface area contributed by atoms with Gasteiger partial charge >= 0.3 is 0 Å². The van der Waals surface area contributed by atoms with Crippen LogP contribution in [0.5, 0.6) is 0 Å². The Morgan fingerprint density at radius 2 is 2.55 bits per heavy atom. The number of hydrogen-bond acceptors (Lipinski definition) is 2. The standard InChI is InChI=1S/C8H10INS/c9-6-3-5-11-8(6)7-2-1-4-10-7/h3,5,7,10H,1-2,4H2. The van der Waals surface area contributed by atoms with E-state index in [1.807, 2.05) is 11.3 Å². The summed E-state index contributed by atoms with van der Waals surface area (Å²) in [6, 6.07) is 2.85. The van der Waals surface area contributed by atoms with Crippen molar-refractivity contribution in [1.82, 2.24) is 5.32 Å². The van der Waals surface area contributed by atoms with Gasteiger partial charge in [-0.15, -0.1) is 11.3 Å². The van der Waals surface area contributed by atoms with Gasteiger partial charge in [0.05, 0.1) is 0 Å². The first-order chi connectivity index (χ1) is 5.38. The lowest BCUT2D eigenvalue weighted by Crippen LogP contribution is -2.12. The molecule has 1 nitrogen and oxygen atoms in total. The van der Waals surface area contributed by atoms with Crippen LogP contribution in [0.4, 0.5) is 0 Å². The first-order valence-corrected chi connectivity index (χ1v) is 5.80. The summed E-state index contributed by atoms with van der Waals surface area (Å²) in [7, 11) is 0. The second kappa shape index (κ2) is 3.41. The Morgan fingerprint density at radius 1 is 1.64 bits per heavy atom. The molecule has 0 aromatic carbocycles. The summed E-state index contributed by atoms with van der Waals surface area (Å²) in [6.07, 6.45) is 2.65. The summed E-state index contributed by atoms with van der Waals surface area (Å²) >= 11 is 4.29. The van der Waals surface area contributed by atoms with Gasteiger partial charge in [0.2, 0.25) is 0 Å². The lowest BCUT2D eigenvalue weighted by atomic mass is 10.2. The molecule has 1 atom stereocenters. The van der Waals surface area contributed by atoms with Gasteiger partial charge in [0.15, 0.2) is 0 Å². The van der Waals surface area contributed by atoms with Crippen molar-refractivity contribution in [1.29, 1.82) is 0 Å². The summed E-state index contributed by atoms with van der Waals surface area (Å²) < 4.78 is 1.42. The lowest BCUT2D eigenvalue weighted by molar-refractivity contribution is 0.657. The first kappa shape index (κ1) is 8.01. The molecule has 0 saturated carbocycles. The molecule has 0 amide bonds. The Labute approximate surface area is 84.3 Å². The van der Waals surface area contributed by atoms with Crippen molar-refractivity contribution in [2.45, 2.75) is 18.9 Å². The normalized spacial score (nSPS) is 24.3. The zero-order valence-electron chi connectivity index (χ0n) is 6.14. The summed E-state index contributed by atoms with van der Waals surface area (Å²) in [5.74, 6) is 0. The van der Waals surface area contributed by atoms with E-state index in [-0.39, 0.29) is 0 Å². The number of halogens is 1. The number of thiophene rings is 1. The molecule has 1 unspecified atom stereocenters. The highest BCUT2D eigenvalue weighted by Crippen LogP contribution is 2.30. The van der Waals surface area contributed by atoms with Gasteiger partial charge in [0, 0.05) is 14.5 Å².